The summed E-state index contributed by atoms with van der Waals surface area (Å²) in [7, 11) is -0.108. The monoisotopic (exact) mass is 460 g/mol. The summed E-state index contributed by atoms with van der Waals surface area (Å²) in [5, 5.41) is 3.01. The van der Waals surface area contributed by atoms with Crippen LogP contribution in [0.25, 0.3) is 0 Å². The lowest BCUT2D eigenvalue weighted by Gasteiger charge is -2.27. The maximum absolute atomic E-state index is 12.8. The molecule has 1 saturated heterocycles. The minimum atomic E-state index is -0.229. The van der Waals surface area contributed by atoms with Crippen LogP contribution in [0.4, 0.5) is 0 Å². The number of amides is 1. The molecule has 1 amide bonds. The van der Waals surface area contributed by atoms with Crippen LogP contribution in [0.2, 0.25) is 12.6 Å². The van der Waals surface area contributed by atoms with Gasteiger partial charge in [-0.25, -0.2) is 0 Å². The van der Waals surface area contributed by atoms with Crippen LogP contribution in [0.3, 0.4) is 0 Å². The number of aryl methyl sites for hydroxylation is 1. The van der Waals surface area contributed by atoms with E-state index in [9.17, 15) is 4.79 Å². The third kappa shape index (κ3) is 6.05. The predicted octanol–water partition coefficient (Wildman–Crippen LogP) is 5.78. The molecule has 2 aliphatic rings. The Bertz CT molecular complexity index is 943. The number of fused-ring (bicyclic) bond motifs is 1. The molecule has 0 aliphatic carbocycles. The number of benzene rings is 2. The van der Waals surface area contributed by atoms with E-state index in [4.69, 9.17) is 9.31 Å². The Morgan fingerprint density at radius 1 is 1.09 bits per heavy atom. The van der Waals surface area contributed by atoms with E-state index < -0.39 is 0 Å². The molecule has 0 bridgehead atoms. The third-order valence-electron chi connectivity index (χ3n) is 7.13. The summed E-state index contributed by atoms with van der Waals surface area (Å²) < 4.78 is 12.6. The molecule has 1 fully saturated rings. The summed E-state index contributed by atoms with van der Waals surface area (Å²) in [6.45, 7) is 7.54. The van der Waals surface area contributed by atoms with Crippen molar-refractivity contribution in [1.29, 1.82) is 0 Å². The van der Waals surface area contributed by atoms with Gasteiger partial charge in [-0.1, -0.05) is 82.9 Å². The fraction of sp³-hybridized carbons (Fsp3) is 0.519. The largest absolute Gasteiger partial charge is 0.541 e. The molecule has 2 aliphatic heterocycles. The number of unbranched alkanes of at least 4 members (excludes halogenated alkanes) is 2. The Hall–Kier alpha value is -2.24. The van der Waals surface area contributed by atoms with Crippen molar-refractivity contribution in [1.82, 2.24) is 10.0 Å². The fourth-order valence-corrected chi connectivity index (χ4v) is 5.02. The lowest BCUT2D eigenvalue weighted by molar-refractivity contribution is 0.0965. The molecular formula is C27H38B2N2O3. The standard InChI is InChI=1S/C27H38B2N2O3/c1-4-6-17-28-30-27(32)24-19-23(15-16-25(24)33-28)26-20-31(29(34-26)18-7-5-2)21(3)13-14-22-11-9-8-10-12-22/h8-12,15-16,19,21,26H,4-7,13-14,17-18,20H2,1-3H3,(H,30,32). The van der Waals surface area contributed by atoms with Crippen LogP contribution < -0.4 is 9.88 Å². The predicted molar refractivity (Wildman–Crippen MR) is 140 cm³/mol. The summed E-state index contributed by atoms with van der Waals surface area (Å²) >= 11 is 0. The zero-order valence-electron chi connectivity index (χ0n) is 21.0. The lowest BCUT2D eigenvalue weighted by Crippen LogP contribution is -2.47. The maximum Gasteiger partial charge on any atom is 0.482 e. The smallest absolute Gasteiger partial charge is 0.482 e. The molecule has 0 aromatic heterocycles. The number of carbonyl (C=O) groups excluding carboxylic acids is 1. The van der Waals surface area contributed by atoms with Crippen LogP contribution in [-0.4, -0.2) is 37.4 Å². The molecule has 1 N–H and O–H groups in total. The Labute approximate surface area is 205 Å². The number of hydrogen-bond acceptors (Lipinski definition) is 4. The van der Waals surface area contributed by atoms with Crippen molar-refractivity contribution < 1.29 is 14.1 Å². The van der Waals surface area contributed by atoms with Gasteiger partial charge in [-0.2, -0.15) is 0 Å². The number of nitrogens with one attached hydrogen (secondary N) is 1. The molecule has 2 aromatic carbocycles. The topological polar surface area (TPSA) is 50.8 Å². The number of rotatable bonds is 11. The molecule has 7 heteroatoms. The van der Waals surface area contributed by atoms with Crippen LogP contribution in [0, 0.1) is 0 Å². The first-order chi connectivity index (χ1) is 16.6. The molecule has 4 rings (SSSR count). The van der Waals surface area contributed by atoms with Gasteiger partial charge in [-0.05, 0) is 54.8 Å². The molecule has 0 saturated carbocycles. The van der Waals surface area contributed by atoms with Crippen LogP contribution in [0.1, 0.15) is 80.5 Å². The van der Waals surface area contributed by atoms with Crippen molar-refractivity contribution in [3.05, 3.63) is 65.2 Å². The molecule has 2 heterocycles. The van der Waals surface area contributed by atoms with Crippen LogP contribution in [0.15, 0.2) is 48.5 Å². The first-order valence-corrected chi connectivity index (χ1v) is 13.2. The molecule has 5 nitrogen and oxygen atoms in total. The first-order valence-electron chi connectivity index (χ1n) is 13.2. The van der Waals surface area contributed by atoms with Crippen molar-refractivity contribution in [2.24, 2.45) is 0 Å². The minimum absolute atomic E-state index is 0.0306. The van der Waals surface area contributed by atoms with E-state index in [0.717, 1.165) is 63.3 Å². The van der Waals surface area contributed by atoms with E-state index in [-0.39, 0.29) is 26.1 Å². The van der Waals surface area contributed by atoms with Gasteiger partial charge in [0.25, 0.3) is 0 Å². The first kappa shape index (κ1) is 24.9. The van der Waals surface area contributed by atoms with Gasteiger partial charge in [0.15, 0.2) is 0 Å². The third-order valence-corrected chi connectivity index (χ3v) is 7.13. The van der Waals surface area contributed by atoms with Gasteiger partial charge in [0.1, 0.15) is 5.75 Å². The second kappa shape index (κ2) is 11.9. The van der Waals surface area contributed by atoms with E-state index in [1.54, 1.807) is 0 Å². The molecule has 0 radical (unpaired) electrons. The van der Waals surface area contributed by atoms with Crippen LogP contribution in [0.5, 0.6) is 5.75 Å². The van der Waals surface area contributed by atoms with E-state index in [1.807, 2.05) is 12.1 Å². The molecule has 2 atom stereocenters. The Morgan fingerprint density at radius 3 is 2.62 bits per heavy atom. The number of carbonyl (C=O) groups is 1. The minimum Gasteiger partial charge on any atom is -0.541 e. The van der Waals surface area contributed by atoms with E-state index in [0.29, 0.717) is 17.4 Å². The van der Waals surface area contributed by atoms with Crippen LogP contribution in [-0.2, 0) is 11.1 Å². The highest BCUT2D eigenvalue weighted by molar-refractivity contribution is 6.55. The van der Waals surface area contributed by atoms with Crippen molar-refractivity contribution >= 4 is 20.0 Å². The van der Waals surface area contributed by atoms with Crippen LogP contribution >= 0.6 is 0 Å². The fourth-order valence-electron chi connectivity index (χ4n) is 5.02. The molecule has 180 valence electrons. The summed E-state index contributed by atoms with van der Waals surface area (Å²) in [5.41, 5.74) is 3.06. The molecule has 2 unspecified atom stereocenters. The van der Waals surface area contributed by atoms with Gasteiger partial charge in [0.05, 0.1) is 11.7 Å². The zero-order chi connectivity index (χ0) is 23.9. The van der Waals surface area contributed by atoms with Gasteiger partial charge in [0, 0.05) is 6.54 Å². The van der Waals surface area contributed by atoms with E-state index in [1.165, 1.54) is 5.56 Å². The molecule has 2 aromatic rings. The summed E-state index contributed by atoms with van der Waals surface area (Å²) in [6.07, 6.45) is 8.44. The second-order valence-electron chi connectivity index (χ2n) is 9.77. The Morgan fingerprint density at radius 2 is 1.85 bits per heavy atom. The summed E-state index contributed by atoms with van der Waals surface area (Å²) in [6, 6.07) is 17.1. The van der Waals surface area contributed by atoms with Gasteiger partial charge in [0.2, 0.25) is 5.91 Å². The zero-order valence-corrected chi connectivity index (χ0v) is 21.0. The van der Waals surface area contributed by atoms with Gasteiger partial charge < -0.3 is 19.3 Å². The van der Waals surface area contributed by atoms with Gasteiger partial charge in [-0.3, -0.25) is 4.79 Å². The van der Waals surface area contributed by atoms with Gasteiger partial charge >= 0.3 is 14.1 Å². The average molecular weight is 460 g/mol. The normalized spacial score (nSPS) is 19.0. The van der Waals surface area contributed by atoms with Gasteiger partial charge in [-0.15, -0.1) is 0 Å². The maximum atomic E-state index is 12.8. The molecule has 34 heavy (non-hydrogen) atoms. The number of nitrogens with zero attached hydrogens (tertiary/aromatic N) is 1. The summed E-state index contributed by atoms with van der Waals surface area (Å²) in [5.74, 6) is 0.639. The highest BCUT2D eigenvalue weighted by Crippen LogP contribution is 2.34. The van der Waals surface area contributed by atoms with Crippen molar-refractivity contribution in [2.45, 2.75) is 84.1 Å². The highest BCUT2D eigenvalue weighted by Gasteiger charge is 2.40. The quantitative estimate of drug-likeness (QED) is 0.432. The molecule has 0 spiro atoms. The number of hydrogen-bond donors (Lipinski definition) is 1. The van der Waals surface area contributed by atoms with Crippen molar-refractivity contribution in [3.63, 3.8) is 0 Å². The Kier molecular flexibility index (Phi) is 8.74. The SMILES string of the molecule is CCCCB1NC(=O)c2cc(C3CN(C(C)CCc4ccccc4)B(CCCC)O3)ccc2O1. The van der Waals surface area contributed by atoms with E-state index in [2.05, 4.69) is 67.2 Å². The second-order valence-corrected chi connectivity index (χ2v) is 9.77. The molecular weight excluding hydrogens is 422 g/mol. The summed E-state index contributed by atoms with van der Waals surface area (Å²) in [4.78, 5) is 15.3. The highest BCUT2D eigenvalue weighted by atomic mass is 16.5. The average Bonchev–Trinajstić information content (AvgIpc) is 3.29. The van der Waals surface area contributed by atoms with Crippen molar-refractivity contribution in [2.75, 3.05) is 6.54 Å². The van der Waals surface area contributed by atoms with E-state index >= 15 is 0 Å². The Balaban J connectivity index is 1.44. The lowest BCUT2D eigenvalue weighted by atomic mass is 9.73. The van der Waals surface area contributed by atoms with Crippen molar-refractivity contribution in [3.8, 4) is 5.75 Å².